The molecule has 0 amide bonds. The van der Waals surface area contributed by atoms with Crippen molar-refractivity contribution in [3.05, 3.63) is 24.7 Å². The predicted octanol–water partition coefficient (Wildman–Crippen LogP) is -0.814. The van der Waals surface area contributed by atoms with E-state index in [0.29, 0.717) is 0 Å². The van der Waals surface area contributed by atoms with Gasteiger partial charge in [0.05, 0.1) is 12.6 Å². The lowest BCUT2D eigenvalue weighted by Gasteiger charge is -2.31. The number of hydrogen-bond donors (Lipinski definition) is 4. The molecule has 0 radical (unpaired) electrons. The van der Waals surface area contributed by atoms with E-state index in [1.807, 2.05) is 0 Å². The third-order valence-electron chi connectivity index (χ3n) is 3.42. The van der Waals surface area contributed by atoms with Crippen molar-refractivity contribution < 1.29 is 19.3 Å². The Morgan fingerprint density at radius 2 is 2.43 bits per heavy atom. The molecule has 0 aromatic heterocycles. The Kier molecular flexibility index (Phi) is 4.14. The first-order valence-corrected chi connectivity index (χ1v) is 6.10. The summed E-state index contributed by atoms with van der Waals surface area (Å²) < 4.78 is 18.8. The molecule has 1 fully saturated rings. The first kappa shape index (κ1) is 15.3. The second-order valence-corrected chi connectivity index (χ2v) is 4.65. The first-order chi connectivity index (χ1) is 9.99. The maximum Gasteiger partial charge on any atom is 0.293 e. The molecule has 1 saturated heterocycles. The van der Waals surface area contributed by atoms with E-state index in [1.54, 1.807) is 0 Å². The van der Waals surface area contributed by atoms with Crippen molar-refractivity contribution >= 4 is 5.84 Å². The molecule has 21 heavy (non-hydrogen) atoms. The number of nitrogens with one attached hydrogen (secondary N) is 1. The van der Waals surface area contributed by atoms with Crippen LogP contribution in [0.1, 0.15) is 0 Å². The van der Waals surface area contributed by atoms with Crippen molar-refractivity contribution in [2.75, 3.05) is 13.3 Å². The zero-order chi connectivity index (χ0) is 15.6. The molecule has 0 spiro atoms. The highest BCUT2D eigenvalue weighted by atomic mass is 19.1. The Morgan fingerprint density at radius 3 is 2.95 bits per heavy atom. The topological polar surface area (TPSA) is 142 Å². The van der Waals surface area contributed by atoms with E-state index in [1.165, 1.54) is 17.2 Å². The van der Waals surface area contributed by atoms with Crippen LogP contribution >= 0.6 is 0 Å². The monoisotopic (exact) mass is 299 g/mol. The van der Waals surface area contributed by atoms with Crippen LogP contribution in [-0.2, 0) is 4.74 Å². The smallest absolute Gasteiger partial charge is 0.293 e. The molecule has 2 heterocycles. The summed E-state index contributed by atoms with van der Waals surface area (Å²) in [6.45, 7) is 1.99. The van der Waals surface area contributed by atoms with Gasteiger partial charge in [0.1, 0.15) is 36.1 Å². The van der Waals surface area contributed by atoms with Gasteiger partial charge in [-0.05, 0) is 6.08 Å². The van der Waals surface area contributed by atoms with Crippen LogP contribution in [-0.4, -0.2) is 52.3 Å². The Morgan fingerprint density at radius 1 is 1.71 bits per heavy atom. The van der Waals surface area contributed by atoms with Gasteiger partial charge in [0.2, 0.25) is 4.91 Å². The van der Waals surface area contributed by atoms with Gasteiger partial charge in [-0.2, -0.15) is 0 Å². The van der Waals surface area contributed by atoms with Gasteiger partial charge in [-0.3, -0.25) is 4.39 Å². The number of nitrogens with zero attached hydrogens (tertiary/aromatic N) is 4. The summed E-state index contributed by atoms with van der Waals surface area (Å²) in [5.74, 6) is -0.605. The van der Waals surface area contributed by atoms with Gasteiger partial charge in [0.15, 0.2) is 5.11 Å². The first-order valence-electron chi connectivity index (χ1n) is 6.10. The maximum absolute atomic E-state index is 13.3. The van der Waals surface area contributed by atoms with E-state index in [4.69, 9.17) is 16.0 Å². The predicted molar refractivity (Wildman–Crippen MR) is 69.2 cm³/mol. The van der Waals surface area contributed by atoms with Crippen molar-refractivity contribution in [3.8, 4) is 0 Å². The molecule has 0 saturated carbocycles. The Labute approximate surface area is 119 Å². The number of aliphatic imine (C=N–C) groups is 1. The average Bonchev–Trinajstić information content (AvgIpc) is 2.72. The molecule has 2 rings (SSSR count). The van der Waals surface area contributed by atoms with E-state index >= 15 is 0 Å². The van der Waals surface area contributed by atoms with Crippen LogP contribution in [0.3, 0.4) is 0 Å². The lowest BCUT2D eigenvalue weighted by atomic mass is 9.97. The second-order valence-electron chi connectivity index (χ2n) is 4.65. The minimum absolute atomic E-state index is 0.196. The number of aliphatic hydroxyl groups excluding tert-OH is 2. The number of amidine groups is 1. The summed E-state index contributed by atoms with van der Waals surface area (Å²) in [5, 5.41) is 23.0. The van der Waals surface area contributed by atoms with Crippen LogP contribution in [0.25, 0.3) is 0 Å². The van der Waals surface area contributed by atoms with Crippen LogP contribution in [0.4, 0.5) is 4.39 Å². The number of rotatable bonds is 4. The molecular weight excluding hydrogens is 283 g/mol. The standard InChI is InChI=1S/C11H16FN6O3/c1-6-15-8(13)2-3-18(6)10-7(4-12)9(20)11(5-19,21-10)16-17-14/h2-3,7,9-10,14,19-20H,1,4-5H2,(H2,13,15)/q+1/t7-,9-,10+,11+/m0/s1. The van der Waals surface area contributed by atoms with Crippen LogP contribution in [0.5, 0.6) is 0 Å². The largest absolute Gasteiger partial charge is 0.391 e. The zero-order valence-electron chi connectivity index (χ0n) is 11.1. The van der Waals surface area contributed by atoms with Gasteiger partial charge < -0.3 is 25.6 Å². The van der Waals surface area contributed by atoms with Gasteiger partial charge in [-0.1, -0.05) is 6.58 Å². The fourth-order valence-electron chi connectivity index (χ4n) is 2.33. The SMILES string of the molecule is C=C1N=C(N)C=CN1[C@@H]1O[C@@](CO)(N=[N+]=N)[C@@H](O)[C@@H]1CF. The van der Waals surface area contributed by atoms with Crippen molar-refractivity contribution in [2.24, 2.45) is 21.8 Å². The quantitative estimate of drug-likeness (QED) is 0.396. The molecule has 0 aliphatic carbocycles. The summed E-state index contributed by atoms with van der Waals surface area (Å²) in [5.41, 5.74) is 10.4. The Bertz CT molecular complexity index is 546. The normalized spacial score (nSPS) is 35.6. The van der Waals surface area contributed by atoms with Crippen LogP contribution in [0, 0.1) is 11.4 Å². The minimum Gasteiger partial charge on any atom is -0.391 e. The fraction of sp³-hybridized carbons (Fsp3) is 0.545. The number of hydrogen-bond acceptors (Lipinski definition) is 8. The molecule has 5 N–H and O–H groups in total. The van der Waals surface area contributed by atoms with Crippen LogP contribution in [0.15, 0.2) is 34.8 Å². The van der Waals surface area contributed by atoms with Gasteiger partial charge in [-0.25, -0.2) is 4.99 Å². The maximum atomic E-state index is 13.3. The van der Waals surface area contributed by atoms with E-state index in [0.717, 1.165) is 0 Å². The molecule has 0 unspecified atom stereocenters. The average molecular weight is 299 g/mol. The van der Waals surface area contributed by atoms with E-state index in [-0.39, 0.29) is 11.7 Å². The third kappa shape index (κ3) is 2.45. The van der Waals surface area contributed by atoms with Gasteiger partial charge >= 0.3 is 0 Å². The number of aliphatic hydroxyl groups is 2. The molecule has 0 aromatic carbocycles. The summed E-state index contributed by atoms with van der Waals surface area (Å²) in [6, 6.07) is 0. The van der Waals surface area contributed by atoms with Crippen molar-refractivity contribution in [2.45, 2.75) is 18.1 Å². The number of nitrogens with two attached hydrogens (primary N) is 1. The molecule has 2 aliphatic heterocycles. The molecular formula is C11H16FN6O3+. The Hall–Kier alpha value is -2.13. The number of halogens is 1. The molecule has 0 aromatic rings. The summed E-state index contributed by atoms with van der Waals surface area (Å²) in [4.78, 5) is 8.09. The molecule has 10 heteroatoms. The highest BCUT2D eigenvalue weighted by Gasteiger charge is 2.60. The number of alkyl halides is 1. The van der Waals surface area contributed by atoms with Crippen LogP contribution < -0.4 is 10.6 Å². The zero-order valence-corrected chi connectivity index (χ0v) is 11.1. The fourth-order valence-corrected chi connectivity index (χ4v) is 2.33. The van der Waals surface area contributed by atoms with Gasteiger partial charge in [0, 0.05) is 6.20 Å². The molecule has 0 bridgehead atoms. The minimum atomic E-state index is -1.88. The van der Waals surface area contributed by atoms with Crippen molar-refractivity contribution in [3.63, 3.8) is 0 Å². The van der Waals surface area contributed by atoms with Crippen LogP contribution in [0.2, 0.25) is 0 Å². The van der Waals surface area contributed by atoms with Crippen molar-refractivity contribution in [1.82, 2.24) is 9.81 Å². The van der Waals surface area contributed by atoms with Gasteiger partial charge in [0.25, 0.3) is 5.72 Å². The lowest BCUT2D eigenvalue weighted by molar-refractivity contribution is -0.133. The third-order valence-corrected chi connectivity index (χ3v) is 3.42. The highest BCUT2D eigenvalue weighted by Crippen LogP contribution is 2.39. The summed E-state index contributed by atoms with van der Waals surface area (Å²) in [7, 11) is 0. The van der Waals surface area contributed by atoms with E-state index in [2.05, 4.69) is 21.6 Å². The molecule has 4 atom stereocenters. The lowest BCUT2D eigenvalue weighted by Crippen LogP contribution is -2.43. The Balaban J connectivity index is 2.34. The molecule has 2 aliphatic rings. The van der Waals surface area contributed by atoms with Gasteiger partial charge in [-0.15, -0.1) is 0 Å². The highest BCUT2D eigenvalue weighted by molar-refractivity contribution is 5.92. The van der Waals surface area contributed by atoms with E-state index < -0.39 is 37.3 Å². The number of ether oxygens (including phenoxy) is 1. The van der Waals surface area contributed by atoms with Crippen molar-refractivity contribution in [1.29, 1.82) is 5.53 Å². The molecule has 9 nitrogen and oxygen atoms in total. The summed E-state index contributed by atoms with van der Waals surface area (Å²) >= 11 is 0. The van der Waals surface area contributed by atoms with E-state index in [9.17, 15) is 14.6 Å². The molecule has 114 valence electrons. The summed E-state index contributed by atoms with van der Waals surface area (Å²) in [6.07, 6.45) is 0.458. The second kappa shape index (κ2) is 5.70.